The van der Waals surface area contributed by atoms with Crippen LogP contribution in [-0.4, -0.2) is 39.7 Å². The molecule has 2 aromatic heterocycles. The molecule has 0 amide bonds. The van der Waals surface area contributed by atoms with E-state index >= 15 is 0 Å². The molecule has 0 saturated carbocycles. The minimum Gasteiger partial charge on any atom is -0.487 e. The van der Waals surface area contributed by atoms with E-state index in [1.807, 2.05) is 70.2 Å². The van der Waals surface area contributed by atoms with Crippen LogP contribution in [0.3, 0.4) is 0 Å². The second-order valence-electron chi connectivity index (χ2n) is 11.8. The van der Waals surface area contributed by atoms with Crippen LogP contribution in [-0.2, 0) is 16.1 Å². The van der Waals surface area contributed by atoms with E-state index in [9.17, 15) is 9.90 Å². The monoisotopic (exact) mass is 517 g/mol. The Bertz CT molecular complexity index is 1240. The van der Waals surface area contributed by atoms with E-state index < -0.39 is 17.7 Å². The molecule has 1 N–H and O–H groups in total. The number of benzene rings is 1. The number of pyridine rings is 2. The van der Waals surface area contributed by atoms with Crippen LogP contribution in [0.4, 0.5) is 5.69 Å². The molecule has 0 spiro atoms. The molecule has 0 bridgehead atoms. The van der Waals surface area contributed by atoms with Crippen molar-refractivity contribution in [3.05, 3.63) is 71.7 Å². The maximum absolute atomic E-state index is 12.5. The summed E-state index contributed by atoms with van der Waals surface area (Å²) in [6.45, 7) is 14.1. The summed E-state index contributed by atoms with van der Waals surface area (Å²) in [6, 6.07) is 13.8. The quantitative estimate of drug-likeness (QED) is 0.360. The molecule has 4 rings (SSSR count). The first kappa shape index (κ1) is 27.6. The van der Waals surface area contributed by atoms with Gasteiger partial charge in [0.25, 0.3) is 0 Å². The van der Waals surface area contributed by atoms with Crippen molar-refractivity contribution >= 4 is 11.7 Å². The van der Waals surface area contributed by atoms with Crippen LogP contribution in [0.2, 0.25) is 0 Å². The second kappa shape index (κ2) is 11.1. The summed E-state index contributed by atoms with van der Waals surface area (Å²) >= 11 is 0. The average Bonchev–Trinajstić information content (AvgIpc) is 2.86. The van der Waals surface area contributed by atoms with Crippen molar-refractivity contribution in [3.63, 3.8) is 0 Å². The highest BCUT2D eigenvalue weighted by atomic mass is 16.5. The van der Waals surface area contributed by atoms with Crippen LogP contribution in [0.25, 0.3) is 11.3 Å². The van der Waals surface area contributed by atoms with Crippen LogP contribution < -0.4 is 9.64 Å². The lowest BCUT2D eigenvalue weighted by atomic mass is 9.82. The zero-order valence-corrected chi connectivity index (χ0v) is 23.3. The van der Waals surface area contributed by atoms with Gasteiger partial charge in [-0.3, -0.25) is 9.97 Å². The Balaban J connectivity index is 1.74. The van der Waals surface area contributed by atoms with Gasteiger partial charge in [0.15, 0.2) is 6.10 Å². The third-order valence-corrected chi connectivity index (χ3v) is 6.94. The van der Waals surface area contributed by atoms with Gasteiger partial charge in [-0.15, -0.1) is 0 Å². The Labute approximate surface area is 225 Å². The molecular formula is C31H39N3O4. The Kier molecular flexibility index (Phi) is 8.07. The highest BCUT2D eigenvalue weighted by Gasteiger charge is 2.36. The fourth-order valence-electron chi connectivity index (χ4n) is 4.74. The van der Waals surface area contributed by atoms with Crippen molar-refractivity contribution < 1.29 is 19.4 Å². The number of carboxylic acid groups (broad SMARTS) is 1. The fraction of sp³-hybridized carbons (Fsp3) is 0.452. The standard InChI is InChI=1S/C31H39N3O4/c1-21-26(28(29(35)36)38-30(2,3)4)27(34-16-14-31(5,6)15-17-34)24(19-32-21)25-13-12-23(18-33-25)37-20-22-10-8-7-9-11-22/h7-13,18-19,28H,14-17,20H2,1-6H3,(H,35,36)/t28-/m0/s1. The number of carboxylic acids is 1. The Morgan fingerprint density at radius 3 is 2.32 bits per heavy atom. The van der Waals surface area contributed by atoms with Crippen molar-refractivity contribution in [2.24, 2.45) is 5.41 Å². The highest BCUT2D eigenvalue weighted by molar-refractivity contribution is 5.85. The van der Waals surface area contributed by atoms with E-state index in [0.717, 1.165) is 42.7 Å². The summed E-state index contributed by atoms with van der Waals surface area (Å²) in [5.41, 5.74) is 4.26. The maximum atomic E-state index is 12.5. The predicted molar refractivity (Wildman–Crippen MR) is 149 cm³/mol. The molecule has 1 fully saturated rings. The molecule has 202 valence electrons. The topological polar surface area (TPSA) is 84.8 Å². The molecule has 1 aromatic carbocycles. The zero-order valence-electron chi connectivity index (χ0n) is 23.3. The number of aliphatic carboxylic acids is 1. The van der Waals surface area contributed by atoms with Gasteiger partial charge in [0.2, 0.25) is 0 Å². The van der Waals surface area contributed by atoms with Crippen molar-refractivity contribution in [2.75, 3.05) is 18.0 Å². The molecule has 3 aromatic rings. The Morgan fingerprint density at radius 2 is 1.74 bits per heavy atom. The van der Waals surface area contributed by atoms with Gasteiger partial charge in [0, 0.05) is 36.1 Å². The van der Waals surface area contributed by atoms with Gasteiger partial charge in [-0.05, 0) is 63.6 Å². The summed E-state index contributed by atoms with van der Waals surface area (Å²) in [4.78, 5) is 24.2. The number of rotatable bonds is 8. The number of aromatic nitrogens is 2. The molecule has 0 radical (unpaired) electrons. The molecule has 7 nitrogen and oxygen atoms in total. The number of aryl methyl sites for hydroxylation is 1. The van der Waals surface area contributed by atoms with Crippen molar-refractivity contribution in [2.45, 2.75) is 72.7 Å². The number of piperidine rings is 1. The van der Waals surface area contributed by atoms with Crippen LogP contribution in [0, 0.1) is 12.3 Å². The van der Waals surface area contributed by atoms with E-state index in [1.165, 1.54) is 0 Å². The first-order valence-electron chi connectivity index (χ1n) is 13.2. The number of anilines is 1. The van der Waals surface area contributed by atoms with E-state index in [0.29, 0.717) is 29.3 Å². The SMILES string of the molecule is Cc1ncc(-c2ccc(OCc3ccccc3)cn2)c(N2CCC(C)(C)CC2)c1[C@H](OC(C)(C)C)C(=O)O. The lowest BCUT2D eigenvalue weighted by molar-refractivity contribution is -0.160. The van der Waals surface area contributed by atoms with E-state index in [1.54, 1.807) is 12.4 Å². The number of hydrogen-bond donors (Lipinski definition) is 1. The summed E-state index contributed by atoms with van der Waals surface area (Å²) < 4.78 is 12.0. The smallest absolute Gasteiger partial charge is 0.337 e. The molecular weight excluding hydrogens is 478 g/mol. The van der Waals surface area contributed by atoms with Gasteiger partial charge in [-0.2, -0.15) is 0 Å². The number of ether oxygens (including phenoxy) is 2. The van der Waals surface area contributed by atoms with Crippen LogP contribution in [0.1, 0.15) is 70.4 Å². The van der Waals surface area contributed by atoms with Crippen LogP contribution >= 0.6 is 0 Å². The minimum absolute atomic E-state index is 0.239. The lowest BCUT2D eigenvalue weighted by Gasteiger charge is -2.40. The molecule has 38 heavy (non-hydrogen) atoms. The third kappa shape index (κ3) is 6.70. The van der Waals surface area contributed by atoms with Gasteiger partial charge < -0.3 is 19.5 Å². The maximum Gasteiger partial charge on any atom is 0.337 e. The van der Waals surface area contributed by atoms with E-state index in [2.05, 4.69) is 23.7 Å². The molecule has 1 saturated heterocycles. The first-order chi connectivity index (χ1) is 17.9. The van der Waals surface area contributed by atoms with Crippen molar-refractivity contribution in [3.8, 4) is 17.0 Å². The fourth-order valence-corrected chi connectivity index (χ4v) is 4.74. The number of hydrogen-bond acceptors (Lipinski definition) is 6. The summed E-state index contributed by atoms with van der Waals surface area (Å²) in [5, 5.41) is 10.3. The number of carbonyl (C=O) groups is 1. The number of nitrogens with zero attached hydrogens (tertiary/aromatic N) is 3. The molecule has 0 unspecified atom stereocenters. The van der Waals surface area contributed by atoms with Gasteiger partial charge in [0.1, 0.15) is 12.4 Å². The lowest BCUT2D eigenvalue weighted by Crippen LogP contribution is -2.39. The van der Waals surface area contributed by atoms with Crippen molar-refractivity contribution in [1.29, 1.82) is 0 Å². The third-order valence-electron chi connectivity index (χ3n) is 6.94. The van der Waals surface area contributed by atoms with E-state index in [-0.39, 0.29) is 5.41 Å². The Morgan fingerprint density at radius 1 is 1.05 bits per heavy atom. The van der Waals surface area contributed by atoms with Gasteiger partial charge in [0.05, 0.1) is 23.2 Å². The molecule has 0 aliphatic carbocycles. The molecule has 1 aliphatic heterocycles. The van der Waals surface area contributed by atoms with Gasteiger partial charge in [-0.1, -0.05) is 44.2 Å². The van der Waals surface area contributed by atoms with Gasteiger partial charge in [-0.25, -0.2) is 4.79 Å². The second-order valence-corrected chi connectivity index (χ2v) is 11.8. The van der Waals surface area contributed by atoms with E-state index in [4.69, 9.17) is 14.5 Å². The zero-order chi connectivity index (χ0) is 27.5. The summed E-state index contributed by atoms with van der Waals surface area (Å²) in [7, 11) is 0. The molecule has 3 heterocycles. The van der Waals surface area contributed by atoms with Gasteiger partial charge >= 0.3 is 5.97 Å². The average molecular weight is 518 g/mol. The molecule has 7 heteroatoms. The van der Waals surface area contributed by atoms with Crippen molar-refractivity contribution in [1.82, 2.24) is 9.97 Å². The molecule has 1 aliphatic rings. The van der Waals surface area contributed by atoms with Crippen LogP contribution in [0.15, 0.2) is 54.9 Å². The first-order valence-corrected chi connectivity index (χ1v) is 13.2. The predicted octanol–water partition coefficient (Wildman–Crippen LogP) is 6.60. The molecule has 1 atom stereocenters. The minimum atomic E-state index is -1.15. The summed E-state index contributed by atoms with van der Waals surface area (Å²) in [6.07, 6.45) is 4.37. The normalized spacial score (nSPS) is 16.2. The summed E-state index contributed by atoms with van der Waals surface area (Å²) in [5.74, 6) is -0.364. The largest absolute Gasteiger partial charge is 0.487 e. The highest BCUT2D eigenvalue weighted by Crippen LogP contribution is 2.43. The Hall–Kier alpha value is -3.45. The van der Waals surface area contributed by atoms with Crippen LogP contribution in [0.5, 0.6) is 5.75 Å².